The molecule has 1 N–H and O–H groups in total. The number of nitrogens with one attached hydrogen (secondary N) is 1. The first kappa shape index (κ1) is 16.3. The van der Waals surface area contributed by atoms with E-state index in [1.807, 2.05) is 26.0 Å². The van der Waals surface area contributed by atoms with Crippen LogP contribution in [0.3, 0.4) is 0 Å². The van der Waals surface area contributed by atoms with E-state index in [1.54, 1.807) is 29.1 Å². The summed E-state index contributed by atoms with van der Waals surface area (Å²) in [4.78, 5) is 0. The standard InChI is InChI=1S/C19H19F2N3/c1-13(22-11-15-6-3-4-9-19(15)21)18-12-23-24(14(18)2)17-8-5-7-16(20)10-17/h3-10,12-13,22H,11H2,1-2H3/t13-/m0/s1. The first-order chi connectivity index (χ1) is 11.6. The predicted molar refractivity (Wildman–Crippen MR) is 89.9 cm³/mol. The van der Waals surface area contributed by atoms with Crippen LogP contribution in [0.25, 0.3) is 5.69 Å². The Balaban J connectivity index is 1.77. The van der Waals surface area contributed by atoms with Crippen LogP contribution in [0.5, 0.6) is 0 Å². The molecule has 1 heterocycles. The van der Waals surface area contributed by atoms with Gasteiger partial charge < -0.3 is 5.32 Å². The van der Waals surface area contributed by atoms with Crippen LogP contribution < -0.4 is 5.32 Å². The van der Waals surface area contributed by atoms with Gasteiger partial charge in [-0.05, 0) is 38.1 Å². The van der Waals surface area contributed by atoms with Gasteiger partial charge in [0.25, 0.3) is 0 Å². The summed E-state index contributed by atoms with van der Waals surface area (Å²) in [6.07, 6.45) is 1.76. The number of rotatable bonds is 5. The molecular weight excluding hydrogens is 308 g/mol. The molecule has 5 heteroatoms. The molecule has 0 saturated carbocycles. The van der Waals surface area contributed by atoms with Crippen LogP contribution in [0.2, 0.25) is 0 Å². The first-order valence-corrected chi connectivity index (χ1v) is 7.83. The lowest BCUT2D eigenvalue weighted by Crippen LogP contribution is -2.19. The average Bonchev–Trinajstić information content (AvgIpc) is 2.95. The number of hydrogen-bond donors (Lipinski definition) is 1. The highest BCUT2D eigenvalue weighted by Gasteiger charge is 2.14. The lowest BCUT2D eigenvalue weighted by atomic mass is 10.1. The summed E-state index contributed by atoms with van der Waals surface area (Å²) in [5.41, 5.74) is 3.23. The van der Waals surface area contributed by atoms with E-state index in [0.29, 0.717) is 17.8 Å². The zero-order chi connectivity index (χ0) is 17.1. The lowest BCUT2D eigenvalue weighted by Gasteiger charge is -2.14. The topological polar surface area (TPSA) is 29.9 Å². The van der Waals surface area contributed by atoms with Crippen molar-refractivity contribution in [1.29, 1.82) is 0 Å². The molecule has 0 unspecified atom stereocenters. The largest absolute Gasteiger partial charge is 0.306 e. The van der Waals surface area contributed by atoms with E-state index in [0.717, 1.165) is 11.3 Å². The van der Waals surface area contributed by atoms with Crippen LogP contribution >= 0.6 is 0 Å². The minimum absolute atomic E-state index is 0.00749. The molecule has 0 saturated heterocycles. The fraction of sp³-hybridized carbons (Fsp3) is 0.211. The molecule has 0 aliphatic heterocycles. The van der Waals surface area contributed by atoms with Gasteiger partial charge in [0.15, 0.2) is 0 Å². The smallest absolute Gasteiger partial charge is 0.127 e. The Kier molecular flexibility index (Phi) is 4.71. The fourth-order valence-electron chi connectivity index (χ4n) is 2.73. The minimum Gasteiger partial charge on any atom is -0.306 e. The van der Waals surface area contributed by atoms with Crippen LogP contribution in [0.15, 0.2) is 54.7 Å². The van der Waals surface area contributed by atoms with Crippen LogP contribution in [0.1, 0.15) is 29.8 Å². The van der Waals surface area contributed by atoms with E-state index in [1.165, 1.54) is 18.2 Å². The molecule has 0 spiro atoms. The van der Waals surface area contributed by atoms with Gasteiger partial charge >= 0.3 is 0 Å². The molecule has 3 rings (SSSR count). The Labute approximate surface area is 139 Å². The Morgan fingerprint density at radius 1 is 1.12 bits per heavy atom. The molecule has 124 valence electrons. The number of halogens is 2. The van der Waals surface area contributed by atoms with Crippen molar-refractivity contribution in [3.8, 4) is 5.69 Å². The molecule has 1 aromatic heterocycles. The minimum atomic E-state index is -0.297. The summed E-state index contributed by atoms with van der Waals surface area (Å²) in [6, 6.07) is 13.0. The van der Waals surface area contributed by atoms with Gasteiger partial charge in [0.05, 0.1) is 11.9 Å². The van der Waals surface area contributed by atoms with Crippen molar-refractivity contribution in [2.75, 3.05) is 0 Å². The highest BCUT2D eigenvalue weighted by Crippen LogP contribution is 2.21. The average molecular weight is 327 g/mol. The van der Waals surface area contributed by atoms with Crippen LogP contribution in [-0.2, 0) is 6.54 Å². The summed E-state index contributed by atoms with van der Waals surface area (Å²) in [5, 5.41) is 7.66. The van der Waals surface area contributed by atoms with E-state index in [9.17, 15) is 8.78 Å². The normalized spacial score (nSPS) is 12.3. The highest BCUT2D eigenvalue weighted by atomic mass is 19.1. The number of hydrogen-bond acceptors (Lipinski definition) is 2. The number of aromatic nitrogens is 2. The second-order valence-electron chi connectivity index (χ2n) is 5.77. The molecule has 1 atom stereocenters. The predicted octanol–water partition coefficient (Wildman–Crippen LogP) is 4.31. The second-order valence-corrected chi connectivity index (χ2v) is 5.77. The molecule has 24 heavy (non-hydrogen) atoms. The maximum atomic E-state index is 13.7. The van der Waals surface area contributed by atoms with E-state index < -0.39 is 0 Å². The van der Waals surface area contributed by atoms with Crippen molar-refractivity contribution in [2.45, 2.75) is 26.4 Å². The van der Waals surface area contributed by atoms with Crippen molar-refractivity contribution in [1.82, 2.24) is 15.1 Å². The molecule has 0 fully saturated rings. The Morgan fingerprint density at radius 3 is 2.67 bits per heavy atom. The zero-order valence-electron chi connectivity index (χ0n) is 13.6. The van der Waals surface area contributed by atoms with Crippen LogP contribution in [-0.4, -0.2) is 9.78 Å². The molecule has 3 nitrogen and oxygen atoms in total. The summed E-state index contributed by atoms with van der Waals surface area (Å²) in [6.45, 7) is 4.37. The quantitative estimate of drug-likeness (QED) is 0.757. The first-order valence-electron chi connectivity index (χ1n) is 7.83. The van der Waals surface area contributed by atoms with E-state index in [2.05, 4.69) is 10.4 Å². The van der Waals surface area contributed by atoms with Gasteiger partial charge in [-0.1, -0.05) is 24.3 Å². The summed E-state index contributed by atoms with van der Waals surface area (Å²) in [5.74, 6) is -0.515. The summed E-state index contributed by atoms with van der Waals surface area (Å²) >= 11 is 0. The van der Waals surface area contributed by atoms with E-state index >= 15 is 0 Å². The third kappa shape index (κ3) is 3.36. The summed E-state index contributed by atoms with van der Waals surface area (Å²) < 4.78 is 28.8. The van der Waals surface area contributed by atoms with E-state index in [4.69, 9.17) is 0 Å². The van der Waals surface area contributed by atoms with Gasteiger partial charge in [-0.2, -0.15) is 5.10 Å². The monoisotopic (exact) mass is 327 g/mol. The van der Waals surface area contributed by atoms with Gasteiger partial charge in [0.2, 0.25) is 0 Å². The Hall–Kier alpha value is -2.53. The Bertz CT molecular complexity index is 842. The fourth-order valence-corrected chi connectivity index (χ4v) is 2.73. The van der Waals surface area contributed by atoms with Gasteiger partial charge in [0.1, 0.15) is 11.6 Å². The van der Waals surface area contributed by atoms with Crippen molar-refractivity contribution in [2.24, 2.45) is 0 Å². The molecular formula is C19H19F2N3. The Morgan fingerprint density at radius 2 is 1.92 bits per heavy atom. The molecule has 0 aliphatic rings. The van der Waals surface area contributed by atoms with Gasteiger partial charge in [0, 0.05) is 29.4 Å². The van der Waals surface area contributed by atoms with Gasteiger partial charge in [-0.15, -0.1) is 0 Å². The molecule has 3 aromatic rings. The highest BCUT2D eigenvalue weighted by molar-refractivity contribution is 5.36. The molecule has 0 bridgehead atoms. The van der Waals surface area contributed by atoms with Crippen LogP contribution in [0.4, 0.5) is 8.78 Å². The van der Waals surface area contributed by atoms with Crippen molar-refractivity contribution >= 4 is 0 Å². The molecule has 0 radical (unpaired) electrons. The second kappa shape index (κ2) is 6.93. The number of nitrogens with zero attached hydrogens (tertiary/aromatic N) is 2. The van der Waals surface area contributed by atoms with Crippen molar-refractivity contribution < 1.29 is 8.78 Å². The van der Waals surface area contributed by atoms with Crippen LogP contribution in [0, 0.1) is 18.6 Å². The SMILES string of the molecule is Cc1c([C@H](C)NCc2ccccc2F)cnn1-c1cccc(F)c1. The maximum Gasteiger partial charge on any atom is 0.127 e. The lowest BCUT2D eigenvalue weighted by molar-refractivity contribution is 0.542. The van der Waals surface area contributed by atoms with Gasteiger partial charge in [-0.25, -0.2) is 13.5 Å². The summed E-state index contributed by atoms with van der Waals surface area (Å²) in [7, 11) is 0. The van der Waals surface area contributed by atoms with Gasteiger partial charge in [-0.3, -0.25) is 0 Å². The van der Waals surface area contributed by atoms with Crippen molar-refractivity contribution in [3.63, 3.8) is 0 Å². The molecule has 0 amide bonds. The molecule has 2 aromatic carbocycles. The third-order valence-electron chi connectivity index (χ3n) is 4.12. The zero-order valence-corrected chi connectivity index (χ0v) is 13.6. The number of benzene rings is 2. The maximum absolute atomic E-state index is 13.7. The third-order valence-corrected chi connectivity index (χ3v) is 4.12. The molecule has 0 aliphatic carbocycles. The van der Waals surface area contributed by atoms with E-state index in [-0.39, 0.29) is 17.7 Å². The van der Waals surface area contributed by atoms with Crippen molar-refractivity contribution in [3.05, 3.63) is 83.2 Å².